The third kappa shape index (κ3) is 7.89. The van der Waals surface area contributed by atoms with Crippen molar-refractivity contribution in [2.45, 2.75) is 12.6 Å². The van der Waals surface area contributed by atoms with Gasteiger partial charge in [0.15, 0.2) is 0 Å². The van der Waals surface area contributed by atoms with Crippen LogP contribution in [0.5, 0.6) is 28.7 Å². The number of benzene rings is 3. The van der Waals surface area contributed by atoms with Crippen LogP contribution in [0.25, 0.3) is 11.6 Å². The van der Waals surface area contributed by atoms with E-state index >= 15 is 0 Å². The zero-order chi connectivity index (χ0) is 27.5. The van der Waals surface area contributed by atoms with Crippen LogP contribution < -0.4 is 34.7 Å². The molecule has 9 heteroatoms. The number of nitrogens with two attached hydrogens (primary N) is 1. The van der Waals surface area contributed by atoms with Crippen LogP contribution in [0, 0.1) is 0 Å². The maximum absolute atomic E-state index is 12.2. The number of rotatable bonds is 14. The summed E-state index contributed by atoms with van der Waals surface area (Å²) in [6.45, 7) is 0.931. The Morgan fingerprint density at radius 1 is 0.868 bits per heavy atom. The van der Waals surface area contributed by atoms with Crippen molar-refractivity contribution in [3.8, 4) is 28.7 Å². The molecule has 0 aliphatic heterocycles. The average Bonchev–Trinajstić information content (AvgIpc) is 2.94. The molecule has 202 valence electrons. The van der Waals surface area contributed by atoms with Gasteiger partial charge in [0.2, 0.25) is 5.91 Å². The fourth-order valence-corrected chi connectivity index (χ4v) is 3.73. The van der Waals surface area contributed by atoms with Gasteiger partial charge in [-0.3, -0.25) is 4.79 Å². The minimum absolute atomic E-state index is 0.0915. The molecule has 0 aromatic heterocycles. The number of primary amides is 1. The summed E-state index contributed by atoms with van der Waals surface area (Å²) in [5, 5.41) is 13.5. The van der Waals surface area contributed by atoms with Crippen LogP contribution in [0.15, 0.2) is 60.7 Å². The number of carbonyl (C=O) groups is 1. The zero-order valence-electron chi connectivity index (χ0n) is 22.0. The standard InChI is InChI=1S/C29H34N2O7/c1-34-24-10-7-21(28(15-24)37-4)16-31-17-22(32)18-38-23-8-5-20(6-9-23)27(29(30)33)13-19-11-25(35-2)14-26(12-19)36-3/h5-15,22,31-32H,16-18H2,1-4H3,(H2,30,33)/b27-13+. The normalized spacial score (nSPS) is 12.0. The molecule has 38 heavy (non-hydrogen) atoms. The first kappa shape index (κ1) is 28.4. The summed E-state index contributed by atoms with van der Waals surface area (Å²) in [7, 11) is 6.32. The number of hydrogen-bond acceptors (Lipinski definition) is 8. The van der Waals surface area contributed by atoms with Gasteiger partial charge in [-0.05, 0) is 47.5 Å². The molecule has 0 bridgehead atoms. The second-order valence-electron chi connectivity index (χ2n) is 8.37. The van der Waals surface area contributed by atoms with Gasteiger partial charge in [-0.2, -0.15) is 0 Å². The maximum Gasteiger partial charge on any atom is 0.249 e. The van der Waals surface area contributed by atoms with Crippen LogP contribution in [0.1, 0.15) is 16.7 Å². The summed E-state index contributed by atoms with van der Waals surface area (Å²) in [4.78, 5) is 12.2. The average molecular weight is 523 g/mol. The summed E-state index contributed by atoms with van der Waals surface area (Å²) in [5.74, 6) is 2.59. The summed E-state index contributed by atoms with van der Waals surface area (Å²) < 4.78 is 26.9. The predicted octanol–water partition coefficient (Wildman–Crippen LogP) is 3.28. The number of nitrogens with one attached hydrogen (secondary N) is 1. The molecule has 1 atom stereocenters. The van der Waals surface area contributed by atoms with Gasteiger partial charge in [0.25, 0.3) is 0 Å². The molecule has 0 aliphatic carbocycles. The number of carbonyl (C=O) groups excluding carboxylic acids is 1. The lowest BCUT2D eigenvalue weighted by Crippen LogP contribution is -2.31. The molecule has 0 heterocycles. The van der Waals surface area contributed by atoms with Crippen LogP contribution in [0.3, 0.4) is 0 Å². The highest BCUT2D eigenvalue weighted by atomic mass is 16.5. The SMILES string of the molecule is COc1cc(/C=C(/C(N)=O)c2ccc(OCC(O)CNCc3ccc(OC)cc3OC)cc2)cc(OC)c1. The number of aliphatic hydroxyl groups excluding tert-OH is 1. The van der Waals surface area contributed by atoms with E-state index in [0.717, 1.165) is 5.56 Å². The summed E-state index contributed by atoms with van der Waals surface area (Å²) >= 11 is 0. The van der Waals surface area contributed by atoms with Crippen molar-refractivity contribution >= 4 is 17.6 Å². The lowest BCUT2D eigenvalue weighted by atomic mass is 10.0. The number of amides is 1. The smallest absolute Gasteiger partial charge is 0.249 e. The number of ether oxygens (including phenoxy) is 5. The fraction of sp³-hybridized carbons (Fsp3) is 0.276. The van der Waals surface area contributed by atoms with Crippen molar-refractivity contribution in [2.24, 2.45) is 5.73 Å². The Kier molecular flexibility index (Phi) is 10.4. The summed E-state index contributed by atoms with van der Waals surface area (Å²) in [6.07, 6.45) is 0.944. The fourth-order valence-electron chi connectivity index (χ4n) is 3.73. The second-order valence-corrected chi connectivity index (χ2v) is 8.37. The monoisotopic (exact) mass is 522 g/mol. The lowest BCUT2D eigenvalue weighted by molar-refractivity contribution is -0.112. The maximum atomic E-state index is 12.2. The number of aliphatic hydroxyl groups is 1. The highest BCUT2D eigenvalue weighted by molar-refractivity contribution is 6.23. The van der Waals surface area contributed by atoms with E-state index in [4.69, 9.17) is 29.4 Å². The molecule has 0 saturated heterocycles. The van der Waals surface area contributed by atoms with Gasteiger partial charge in [0.1, 0.15) is 41.5 Å². The largest absolute Gasteiger partial charge is 0.497 e. The van der Waals surface area contributed by atoms with E-state index in [0.29, 0.717) is 58.5 Å². The van der Waals surface area contributed by atoms with E-state index < -0.39 is 12.0 Å². The highest BCUT2D eigenvalue weighted by Gasteiger charge is 2.12. The number of hydrogen-bond donors (Lipinski definition) is 3. The first-order valence-corrected chi connectivity index (χ1v) is 11.9. The minimum Gasteiger partial charge on any atom is -0.497 e. The Morgan fingerprint density at radius 3 is 2.08 bits per heavy atom. The third-order valence-corrected chi connectivity index (χ3v) is 5.75. The molecule has 1 amide bonds. The van der Waals surface area contributed by atoms with Gasteiger partial charge in [0.05, 0.1) is 28.4 Å². The molecule has 0 radical (unpaired) electrons. The van der Waals surface area contributed by atoms with Gasteiger partial charge < -0.3 is 39.8 Å². The molecule has 0 aliphatic rings. The van der Waals surface area contributed by atoms with Crippen molar-refractivity contribution in [3.05, 3.63) is 77.4 Å². The molecule has 3 rings (SSSR count). The lowest BCUT2D eigenvalue weighted by Gasteiger charge is -2.15. The van der Waals surface area contributed by atoms with E-state index in [1.54, 1.807) is 77.0 Å². The summed E-state index contributed by atoms with van der Waals surface area (Å²) in [5.41, 5.74) is 8.27. The van der Waals surface area contributed by atoms with Gasteiger partial charge in [-0.15, -0.1) is 0 Å². The van der Waals surface area contributed by atoms with Crippen LogP contribution in [0.2, 0.25) is 0 Å². The van der Waals surface area contributed by atoms with Crippen molar-refractivity contribution in [1.82, 2.24) is 5.32 Å². The van der Waals surface area contributed by atoms with E-state index in [2.05, 4.69) is 5.32 Å². The molecule has 9 nitrogen and oxygen atoms in total. The second kappa shape index (κ2) is 13.9. The van der Waals surface area contributed by atoms with E-state index in [-0.39, 0.29) is 6.61 Å². The van der Waals surface area contributed by atoms with Crippen LogP contribution in [-0.2, 0) is 11.3 Å². The topological polar surface area (TPSA) is 122 Å². The summed E-state index contributed by atoms with van der Waals surface area (Å²) in [6, 6.07) is 17.8. The van der Waals surface area contributed by atoms with Crippen LogP contribution in [0.4, 0.5) is 0 Å². The molecule has 4 N–H and O–H groups in total. The third-order valence-electron chi connectivity index (χ3n) is 5.75. The highest BCUT2D eigenvalue weighted by Crippen LogP contribution is 2.27. The van der Waals surface area contributed by atoms with Crippen molar-refractivity contribution in [2.75, 3.05) is 41.6 Å². The molecule has 0 fully saturated rings. The molecular formula is C29H34N2O7. The predicted molar refractivity (Wildman–Crippen MR) is 146 cm³/mol. The van der Waals surface area contributed by atoms with Gasteiger partial charge in [-0.25, -0.2) is 0 Å². The van der Waals surface area contributed by atoms with Crippen LogP contribution >= 0.6 is 0 Å². The molecule has 0 spiro atoms. The van der Waals surface area contributed by atoms with Gasteiger partial charge in [0, 0.05) is 36.4 Å². The molecule has 0 saturated carbocycles. The zero-order valence-corrected chi connectivity index (χ0v) is 22.0. The Labute approximate surface area is 222 Å². The van der Waals surface area contributed by atoms with Crippen molar-refractivity contribution in [1.29, 1.82) is 0 Å². The molecule has 3 aromatic rings. The minimum atomic E-state index is -0.733. The van der Waals surface area contributed by atoms with Crippen molar-refractivity contribution < 1.29 is 33.6 Å². The van der Waals surface area contributed by atoms with E-state index in [1.165, 1.54) is 0 Å². The first-order valence-electron chi connectivity index (χ1n) is 11.9. The van der Waals surface area contributed by atoms with Gasteiger partial charge >= 0.3 is 0 Å². The van der Waals surface area contributed by atoms with Gasteiger partial charge in [-0.1, -0.05) is 18.2 Å². The van der Waals surface area contributed by atoms with Crippen LogP contribution in [-0.4, -0.2) is 58.7 Å². The number of methoxy groups -OCH3 is 4. The Hall–Kier alpha value is -4.21. The Balaban J connectivity index is 1.58. The van der Waals surface area contributed by atoms with Crippen molar-refractivity contribution in [3.63, 3.8) is 0 Å². The Bertz CT molecular complexity index is 1220. The molecule has 1 unspecified atom stereocenters. The molecule has 3 aromatic carbocycles. The van der Waals surface area contributed by atoms with E-state index in [9.17, 15) is 9.90 Å². The quantitative estimate of drug-likeness (QED) is 0.218. The first-order chi connectivity index (χ1) is 18.4. The molecular weight excluding hydrogens is 488 g/mol. The van der Waals surface area contributed by atoms with E-state index in [1.807, 2.05) is 18.2 Å². The Morgan fingerprint density at radius 2 is 1.50 bits per heavy atom.